The van der Waals surface area contributed by atoms with Gasteiger partial charge in [-0.2, -0.15) is 0 Å². The summed E-state index contributed by atoms with van der Waals surface area (Å²) in [7, 11) is 0. The van der Waals surface area contributed by atoms with E-state index in [1.807, 2.05) is 153 Å². The van der Waals surface area contributed by atoms with Crippen LogP contribution >= 0.6 is 0 Å². The zero-order valence-electron chi connectivity index (χ0n) is 38.2. The molecule has 0 radical (unpaired) electrons. The molecule has 0 fully saturated rings. The van der Waals surface area contributed by atoms with Crippen LogP contribution in [0.1, 0.15) is 24.0 Å². The average Bonchev–Trinajstić information content (AvgIpc) is 4.13. The van der Waals surface area contributed by atoms with Crippen molar-refractivity contribution < 1.29 is 13.2 Å². The van der Waals surface area contributed by atoms with Gasteiger partial charge in [-0.1, -0.05) is 140 Å². The summed E-state index contributed by atoms with van der Waals surface area (Å²) < 4.78 is 53.4. The van der Waals surface area contributed by atoms with Gasteiger partial charge in [-0.05, 0) is 79.2 Å². The van der Waals surface area contributed by atoms with Gasteiger partial charge >= 0.3 is 0 Å². The molecular formula is C60H38F3N9. The van der Waals surface area contributed by atoms with Gasteiger partial charge in [-0.15, -0.1) is 0 Å². The number of benzene rings is 8. The maximum Gasteiger partial charge on any atom is 0.164 e. The maximum atomic E-state index is 16.0. The average molecular weight is 942 g/mol. The van der Waals surface area contributed by atoms with Crippen LogP contribution in [0.3, 0.4) is 0 Å². The molecule has 1 atom stereocenters. The molecular weight excluding hydrogens is 904 g/mol. The van der Waals surface area contributed by atoms with E-state index in [0.717, 1.165) is 22.1 Å². The van der Waals surface area contributed by atoms with Gasteiger partial charge in [-0.3, -0.25) is 13.7 Å². The SMILES string of the molecule is Fc1ccccc1-n1c(-c2ccccc2-c2nc(C3=CC=CCC3c3nc4ccccc4n3-c3ccccc3F)nc(-c3ccccc3-c3nc4ccccc4n3-c3ccccc3F)n2)nc2ccccc21. The summed E-state index contributed by atoms with van der Waals surface area (Å²) in [6, 6.07) is 58.3. The van der Waals surface area contributed by atoms with Crippen molar-refractivity contribution in [1.82, 2.24) is 43.6 Å². The standard InChI is InChI=1S/C60H38F3N9/c61-43-25-7-13-31-49(43)70-52-34-16-10-28-46(52)64-58(70)40-22-4-1-19-37(40)55-67-56(38-20-2-5-23-41(38)59-65-47-29-11-17-35-53(47)71(59)50-32-14-8-26-44(50)62)69-57(68-55)39-21-3-6-24-42(39)60-66-48-30-12-18-36-54(48)72(60)51-33-15-9-27-45(51)63/h1-23,25-36,42H,24H2. The number of rotatable bonds is 9. The van der Waals surface area contributed by atoms with Gasteiger partial charge in [-0.25, -0.2) is 43.1 Å². The fourth-order valence-corrected chi connectivity index (χ4v) is 9.93. The highest BCUT2D eigenvalue weighted by Crippen LogP contribution is 2.43. The number of aromatic nitrogens is 9. The summed E-state index contributed by atoms with van der Waals surface area (Å²) in [4.78, 5) is 31.5. The number of imidazole rings is 3. The second-order valence-electron chi connectivity index (χ2n) is 17.4. The number of halogens is 3. The summed E-state index contributed by atoms with van der Waals surface area (Å²) in [6.45, 7) is 0. The van der Waals surface area contributed by atoms with Crippen LogP contribution in [-0.4, -0.2) is 43.6 Å². The highest BCUT2D eigenvalue weighted by Gasteiger charge is 2.31. The Kier molecular flexibility index (Phi) is 10.3. The van der Waals surface area contributed by atoms with Gasteiger partial charge in [0.05, 0.1) is 50.2 Å². The van der Waals surface area contributed by atoms with E-state index in [2.05, 4.69) is 6.08 Å². The molecule has 13 rings (SSSR count). The quantitative estimate of drug-likeness (QED) is 0.143. The lowest BCUT2D eigenvalue weighted by Gasteiger charge is -2.23. The Morgan fingerprint density at radius 2 is 0.736 bits per heavy atom. The topological polar surface area (TPSA) is 92.1 Å². The Hall–Kier alpha value is -9.55. The summed E-state index contributed by atoms with van der Waals surface area (Å²) in [5.74, 6) is 0.888. The molecule has 72 heavy (non-hydrogen) atoms. The Morgan fingerprint density at radius 1 is 0.361 bits per heavy atom. The highest BCUT2D eigenvalue weighted by atomic mass is 19.1. The Labute approximate surface area is 410 Å². The van der Waals surface area contributed by atoms with E-state index in [9.17, 15) is 0 Å². The molecule has 0 amide bonds. The second-order valence-corrected chi connectivity index (χ2v) is 17.4. The van der Waals surface area contributed by atoms with Crippen molar-refractivity contribution in [2.24, 2.45) is 0 Å². The molecule has 0 saturated heterocycles. The number of nitrogens with zero attached hydrogens (tertiary/aromatic N) is 9. The van der Waals surface area contributed by atoms with Crippen LogP contribution in [0.2, 0.25) is 0 Å². The fourth-order valence-electron chi connectivity index (χ4n) is 9.93. The largest absolute Gasteiger partial charge is 0.293 e. The van der Waals surface area contributed by atoms with Crippen molar-refractivity contribution in [2.45, 2.75) is 12.3 Å². The van der Waals surface area contributed by atoms with Crippen LogP contribution in [0.5, 0.6) is 0 Å². The number of fused-ring (bicyclic) bond motifs is 3. The van der Waals surface area contributed by atoms with Gasteiger partial charge in [0.2, 0.25) is 0 Å². The zero-order chi connectivity index (χ0) is 48.3. The van der Waals surface area contributed by atoms with E-state index < -0.39 is 17.6 Å². The normalized spacial score (nSPS) is 13.6. The zero-order valence-corrected chi connectivity index (χ0v) is 38.2. The highest BCUT2D eigenvalue weighted by molar-refractivity contribution is 5.90. The fraction of sp³-hybridized carbons (Fsp3) is 0.0333. The summed E-state index contributed by atoms with van der Waals surface area (Å²) >= 11 is 0. The molecule has 12 aromatic rings. The minimum atomic E-state index is -0.453. The molecule has 8 aromatic carbocycles. The first kappa shape index (κ1) is 42.5. The monoisotopic (exact) mass is 941 g/mol. The smallest absolute Gasteiger partial charge is 0.164 e. The Balaban J connectivity index is 1.07. The first-order valence-electron chi connectivity index (χ1n) is 23.5. The van der Waals surface area contributed by atoms with Crippen molar-refractivity contribution in [3.8, 4) is 62.6 Å². The van der Waals surface area contributed by atoms with E-state index in [0.29, 0.717) is 97.2 Å². The van der Waals surface area contributed by atoms with Crippen LogP contribution in [-0.2, 0) is 0 Å². The number of hydrogen-bond acceptors (Lipinski definition) is 6. The van der Waals surface area contributed by atoms with Crippen LogP contribution in [0, 0.1) is 17.5 Å². The molecule has 0 saturated carbocycles. The maximum absolute atomic E-state index is 16.0. The molecule has 9 nitrogen and oxygen atoms in total. The molecule has 344 valence electrons. The van der Waals surface area contributed by atoms with Crippen molar-refractivity contribution in [3.05, 3.63) is 241 Å². The Bertz CT molecular complexity index is 3980. The van der Waals surface area contributed by atoms with Crippen LogP contribution in [0.4, 0.5) is 13.2 Å². The minimum Gasteiger partial charge on any atom is -0.293 e. The van der Waals surface area contributed by atoms with Crippen molar-refractivity contribution >= 4 is 38.7 Å². The third-order valence-corrected chi connectivity index (χ3v) is 13.2. The summed E-state index contributed by atoms with van der Waals surface area (Å²) in [6.07, 6.45) is 6.52. The molecule has 0 aliphatic heterocycles. The van der Waals surface area contributed by atoms with Gasteiger partial charge in [0, 0.05) is 33.7 Å². The number of para-hydroxylation sites is 9. The lowest BCUT2D eigenvalue weighted by atomic mass is 9.89. The lowest BCUT2D eigenvalue weighted by Crippen LogP contribution is -2.14. The van der Waals surface area contributed by atoms with E-state index in [4.69, 9.17) is 29.9 Å². The number of hydrogen-bond donors (Lipinski definition) is 0. The lowest BCUT2D eigenvalue weighted by molar-refractivity contribution is 0.614. The third-order valence-electron chi connectivity index (χ3n) is 13.2. The second kappa shape index (κ2) is 17.4. The summed E-state index contributed by atoms with van der Waals surface area (Å²) in [5, 5.41) is 0. The van der Waals surface area contributed by atoms with Crippen molar-refractivity contribution in [2.75, 3.05) is 0 Å². The van der Waals surface area contributed by atoms with Crippen LogP contribution < -0.4 is 0 Å². The predicted molar refractivity (Wildman–Crippen MR) is 276 cm³/mol. The van der Waals surface area contributed by atoms with Gasteiger partial charge in [0.25, 0.3) is 0 Å². The minimum absolute atomic E-state index is 0.312. The molecule has 1 aliphatic carbocycles. The van der Waals surface area contributed by atoms with Gasteiger partial charge in [0.1, 0.15) is 34.9 Å². The molecule has 1 aliphatic rings. The number of allylic oxidation sites excluding steroid dienone is 4. The molecule has 4 aromatic heterocycles. The molecule has 0 bridgehead atoms. The molecule has 1 unspecified atom stereocenters. The van der Waals surface area contributed by atoms with E-state index in [-0.39, 0.29) is 5.82 Å². The first-order valence-corrected chi connectivity index (χ1v) is 23.5. The van der Waals surface area contributed by atoms with E-state index in [1.165, 1.54) is 18.2 Å². The van der Waals surface area contributed by atoms with Crippen molar-refractivity contribution in [3.63, 3.8) is 0 Å². The molecule has 4 heterocycles. The predicted octanol–water partition coefficient (Wildman–Crippen LogP) is 14.1. The molecule has 0 N–H and O–H groups in total. The summed E-state index contributed by atoms with van der Waals surface area (Å²) in [5.41, 5.74) is 8.50. The molecule has 12 heteroatoms. The van der Waals surface area contributed by atoms with E-state index in [1.54, 1.807) is 48.5 Å². The Morgan fingerprint density at radius 3 is 1.22 bits per heavy atom. The van der Waals surface area contributed by atoms with Crippen LogP contribution in [0.25, 0.3) is 101 Å². The third kappa shape index (κ3) is 7.10. The van der Waals surface area contributed by atoms with E-state index >= 15 is 13.2 Å². The first-order chi connectivity index (χ1) is 35.5. The van der Waals surface area contributed by atoms with Gasteiger partial charge in [0.15, 0.2) is 17.5 Å². The van der Waals surface area contributed by atoms with Gasteiger partial charge < -0.3 is 0 Å². The molecule has 0 spiro atoms. The van der Waals surface area contributed by atoms with Crippen molar-refractivity contribution in [1.29, 1.82) is 0 Å². The van der Waals surface area contributed by atoms with Crippen LogP contribution in [0.15, 0.2) is 212 Å².